The van der Waals surface area contributed by atoms with Crippen LogP contribution in [0.1, 0.15) is 19.2 Å². The van der Waals surface area contributed by atoms with Crippen LogP contribution in [-0.4, -0.2) is 50.8 Å². The number of aromatic nitrogens is 4. The van der Waals surface area contributed by atoms with E-state index in [0.717, 1.165) is 56.5 Å². The van der Waals surface area contributed by atoms with E-state index in [4.69, 9.17) is 0 Å². The third-order valence-corrected chi connectivity index (χ3v) is 4.81. The first-order chi connectivity index (χ1) is 10.7. The minimum absolute atomic E-state index is 0. The van der Waals surface area contributed by atoms with Crippen LogP contribution in [0.5, 0.6) is 0 Å². The predicted octanol–water partition coefficient (Wildman–Crippen LogP) is 1.58. The summed E-state index contributed by atoms with van der Waals surface area (Å²) in [5, 5.41) is 12.3. The minimum Gasteiger partial charge on any atom is -0.316 e. The molecule has 0 radical (unpaired) electrons. The van der Waals surface area contributed by atoms with Gasteiger partial charge in [-0.2, -0.15) is 0 Å². The van der Waals surface area contributed by atoms with Crippen molar-refractivity contribution in [2.45, 2.75) is 26.4 Å². The zero-order chi connectivity index (χ0) is 15.0. The maximum Gasteiger partial charge on any atom is 0.165 e. The average Bonchev–Trinajstić information content (AvgIpc) is 3.14. The van der Waals surface area contributed by atoms with E-state index in [-0.39, 0.29) is 12.4 Å². The molecule has 2 aliphatic rings. The molecule has 0 saturated carbocycles. The Kier molecular flexibility index (Phi) is 4.66. The molecule has 1 fully saturated rings. The Labute approximate surface area is 142 Å². The van der Waals surface area contributed by atoms with E-state index in [1.807, 2.05) is 18.3 Å². The summed E-state index contributed by atoms with van der Waals surface area (Å²) >= 11 is 0. The van der Waals surface area contributed by atoms with Gasteiger partial charge in [0.15, 0.2) is 5.82 Å². The third-order valence-electron chi connectivity index (χ3n) is 4.81. The molecule has 2 aromatic heterocycles. The SMILES string of the molecule is CC1(CN2CCn3c(nnc3-c3cccnc3)C2)CCNC1.Cl. The van der Waals surface area contributed by atoms with Crippen molar-refractivity contribution in [3.8, 4) is 11.4 Å². The molecule has 1 atom stereocenters. The lowest BCUT2D eigenvalue weighted by molar-refractivity contribution is 0.144. The van der Waals surface area contributed by atoms with Crippen molar-refractivity contribution in [3.63, 3.8) is 0 Å². The van der Waals surface area contributed by atoms with Gasteiger partial charge in [-0.1, -0.05) is 6.92 Å². The van der Waals surface area contributed by atoms with E-state index in [1.54, 1.807) is 6.20 Å². The number of rotatable bonds is 3. The highest BCUT2D eigenvalue weighted by Crippen LogP contribution is 2.28. The maximum atomic E-state index is 4.41. The van der Waals surface area contributed by atoms with Gasteiger partial charge in [0.25, 0.3) is 0 Å². The molecular weight excluding hydrogens is 312 g/mol. The highest BCUT2D eigenvalue weighted by atomic mass is 35.5. The maximum absolute atomic E-state index is 4.41. The van der Waals surface area contributed by atoms with Gasteiger partial charge in [-0.3, -0.25) is 9.88 Å². The van der Waals surface area contributed by atoms with Gasteiger partial charge in [0, 0.05) is 44.1 Å². The zero-order valence-electron chi connectivity index (χ0n) is 13.4. The van der Waals surface area contributed by atoms with Gasteiger partial charge in [-0.25, -0.2) is 0 Å². The largest absolute Gasteiger partial charge is 0.316 e. The molecule has 7 heteroatoms. The van der Waals surface area contributed by atoms with Gasteiger partial charge in [0.1, 0.15) is 5.82 Å². The number of hydrogen-bond acceptors (Lipinski definition) is 5. The molecule has 0 aromatic carbocycles. The lowest BCUT2D eigenvalue weighted by Crippen LogP contribution is -2.41. The molecule has 0 amide bonds. The fourth-order valence-corrected chi connectivity index (χ4v) is 3.59. The molecule has 1 N–H and O–H groups in total. The van der Waals surface area contributed by atoms with Crippen molar-refractivity contribution in [1.29, 1.82) is 0 Å². The Balaban J connectivity index is 0.00000156. The van der Waals surface area contributed by atoms with Crippen LogP contribution < -0.4 is 5.32 Å². The summed E-state index contributed by atoms with van der Waals surface area (Å²) in [6, 6.07) is 3.99. The van der Waals surface area contributed by atoms with Crippen molar-refractivity contribution >= 4 is 12.4 Å². The standard InChI is InChI=1S/C16H22N6.ClH/c1-16(4-6-18-11-16)12-21-7-8-22-14(10-21)19-20-15(22)13-3-2-5-17-9-13;/h2-3,5,9,18H,4,6-8,10-12H2,1H3;1H. The fraction of sp³-hybridized carbons (Fsp3) is 0.562. The quantitative estimate of drug-likeness (QED) is 0.923. The Bertz CT molecular complexity index is 650. The lowest BCUT2D eigenvalue weighted by atomic mass is 9.89. The van der Waals surface area contributed by atoms with Crippen molar-refractivity contribution in [1.82, 2.24) is 30.0 Å². The second-order valence-corrected chi connectivity index (χ2v) is 6.78. The second-order valence-electron chi connectivity index (χ2n) is 6.78. The molecule has 0 aliphatic carbocycles. The van der Waals surface area contributed by atoms with Crippen LogP contribution in [0.4, 0.5) is 0 Å². The van der Waals surface area contributed by atoms with Crippen LogP contribution in [0.25, 0.3) is 11.4 Å². The summed E-state index contributed by atoms with van der Waals surface area (Å²) in [6.45, 7) is 8.69. The number of nitrogens with one attached hydrogen (secondary N) is 1. The number of pyridine rings is 1. The summed E-state index contributed by atoms with van der Waals surface area (Å²) in [5.41, 5.74) is 1.44. The second kappa shape index (κ2) is 6.55. The van der Waals surface area contributed by atoms with Crippen LogP contribution in [0.15, 0.2) is 24.5 Å². The first kappa shape index (κ1) is 16.4. The van der Waals surface area contributed by atoms with E-state index < -0.39 is 0 Å². The van der Waals surface area contributed by atoms with Crippen LogP contribution >= 0.6 is 12.4 Å². The van der Waals surface area contributed by atoms with Crippen LogP contribution in [-0.2, 0) is 13.1 Å². The zero-order valence-corrected chi connectivity index (χ0v) is 14.2. The molecular formula is C16H23ClN6. The van der Waals surface area contributed by atoms with E-state index in [0.29, 0.717) is 5.41 Å². The van der Waals surface area contributed by atoms with Gasteiger partial charge in [0.2, 0.25) is 0 Å². The normalized spacial score (nSPS) is 24.2. The lowest BCUT2D eigenvalue weighted by Gasteiger charge is -2.34. The Morgan fingerprint density at radius 1 is 1.30 bits per heavy atom. The Morgan fingerprint density at radius 3 is 2.96 bits per heavy atom. The van der Waals surface area contributed by atoms with E-state index in [9.17, 15) is 0 Å². The van der Waals surface area contributed by atoms with Crippen LogP contribution in [0.3, 0.4) is 0 Å². The predicted molar refractivity (Wildman–Crippen MR) is 91.4 cm³/mol. The summed E-state index contributed by atoms with van der Waals surface area (Å²) in [4.78, 5) is 6.70. The van der Waals surface area contributed by atoms with Gasteiger partial charge < -0.3 is 9.88 Å². The molecule has 2 aromatic rings. The Hall–Kier alpha value is -1.50. The average molecular weight is 335 g/mol. The molecule has 23 heavy (non-hydrogen) atoms. The molecule has 2 aliphatic heterocycles. The number of halogens is 1. The summed E-state index contributed by atoms with van der Waals surface area (Å²) in [7, 11) is 0. The molecule has 0 spiro atoms. The van der Waals surface area contributed by atoms with E-state index >= 15 is 0 Å². The summed E-state index contributed by atoms with van der Waals surface area (Å²) < 4.78 is 2.24. The number of hydrogen-bond donors (Lipinski definition) is 1. The molecule has 0 bridgehead atoms. The third kappa shape index (κ3) is 3.24. The van der Waals surface area contributed by atoms with E-state index in [2.05, 4.69) is 36.9 Å². The van der Waals surface area contributed by atoms with Crippen molar-refractivity contribution in [3.05, 3.63) is 30.4 Å². The van der Waals surface area contributed by atoms with Gasteiger partial charge in [-0.05, 0) is 30.5 Å². The molecule has 1 saturated heterocycles. The first-order valence-electron chi connectivity index (χ1n) is 7.99. The Morgan fingerprint density at radius 2 is 2.22 bits per heavy atom. The highest BCUT2D eigenvalue weighted by molar-refractivity contribution is 5.85. The minimum atomic E-state index is 0. The molecule has 4 rings (SSSR count). The van der Waals surface area contributed by atoms with Crippen LogP contribution in [0, 0.1) is 5.41 Å². The molecule has 4 heterocycles. The van der Waals surface area contributed by atoms with Crippen molar-refractivity contribution in [2.24, 2.45) is 5.41 Å². The molecule has 1 unspecified atom stereocenters. The topological polar surface area (TPSA) is 58.9 Å². The molecule has 6 nitrogen and oxygen atoms in total. The van der Waals surface area contributed by atoms with Gasteiger partial charge in [-0.15, -0.1) is 22.6 Å². The fourth-order valence-electron chi connectivity index (χ4n) is 3.59. The number of nitrogens with zero attached hydrogens (tertiary/aromatic N) is 5. The van der Waals surface area contributed by atoms with Gasteiger partial charge in [0.05, 0.1) is 6.54 Å². The highest BCUT2D eigenvalue weighted by Gasteiger charge is 2.32. The number of fused-ring (bicyclic) bond motifs is 1. The monoisotopic (exact) mass is 334 g/mol. The summed E-state index contributed by atoms with van der Waals surface area (Å²) in [5.74, 6) is 2.01. The van der Waals surface area contributed by atoms with Crippen molar-refractivity contribution < 1.29 is 0 Å². The first-order valence-corrected chi connectivity index (χ1v) is 7.99. The smallest absolute Gasteiger partial charge is 0.165 e. The van der Waals surface area contributed by atoms with Crippen molar-refractivity contribution in [2.75, 3.05) is 26.2 Å². The van der Waals surface area contributed by atoms with E-state index in [1.165, 1.54) is 6.42 Å². The summed E-state index contributed by atoms with van der Waals surface area (Å²) in [6.07, 6.45) is 4.90. The van der Waals surface area contributed by atoms with Gasteiger partial charge >= 0.3 is 0 Å². The van der Waals surface area contributed by atoms with Crippen LogP contribution in [0.2, 0.25) is 0 Å². The molecule has 124 valence electrons.